The summed E-state index contributed by atoms with van der Waals surface area (Å²) in [6, 6.07) is 2.85. The van der Waals surface area contributed by atoms with Crippen LogP contribution in [-0.4, -0.2) is 49.1 Å². The van der Waals surface area contributed by atoms with Gasteiger partial charge in [0.15, 0.2) is 0 Å². The predicted octanol–water partition coefficient (Wildman–Crippen LogP) is 0.842. The van der Waals surface area contributed by atoms with E-state index in [1.54, 1.807) is 0 Å². The number of nitrogens with two attached hydrogens (primary N) is 1. The van der Waals surface area contributed by atoms with Crippen LogP contribution in [0.15, 0.2) is 16.7 Å². The first-order valence-electron chi connectivity index (χ1n) is 6.48. The minimum Gasteiger partial charge on any atom is -0.469 e. The molecule has 0 radical (unpaired) electrons. The average Bonchev–Trinajstić information content (AvgIpc) is 2.77. The molecule has 1 fully saturated rings. The van der Waals surface area contributed by atoms with Crippen molar-refractivity contribution in [3.05, 3.63) is 23.7 Å². The standard InChI is InChI=1S/C13H21N3O/c1-15-3-5-16(6-4-15)12-8-10(14)9-13-11(12)2-7-17-13/h2,7,10,12H,3-6,8-9,14H2,1H3. The molecule has 4 heteroatoms. The Morgan fingerprint density at radius 3 is 2.82 bits per heavy atom. The second-order valence-corrected chi connectivity index (χ2v) is 5.35. The van der Waals surface area contributed by atoms with Gasteiger partial charge in [-0.1, -0.05) is 0 Å². The van der Waals surface area contributed by atoms with Crippen molar-refractivity contribution >= 4 is 0 Å². The number of fused-ring (bicyclic) bond motifs is 1. The fourth-order valence-electron chi connectivity index (χ4n) is 3.03. The average molecular weight is 235 g/mol. The topological polar surface area (TPSA) is 45.6 Å². The minimum absolute atomic E-state index is 0.248. The number of rotatable bonds is 1. The van der Waals surface area contributed by atoms with Gasteiger partial charge < -0.3 is 15.1 Å². The minimum atomic E-state index is 0.248. The molecule has 0 amide bonds. The van der Waals surface area contributed by atoms with E-state index >= 15 is 0 Å². The number of hydrogen-bond donors (Lipinski definition) is 1. The lowest BCUT2D eigenvalue weighted by atomic mass is 9.88. The third kappa shape index (κ3) is 2.12. The Bertz CT molecular complexity index is 382. The van der Waals surface area contributed by atoms with Crippen LogP contribution < -0.4 is 5.73 Å². The summed E-state index contributed by atoms with van der Waals surface area (Å²) in [7, 11) is 2.19. The summed E-state index contributed by atoms with van der Waals surface area (Å²) in [5.41, 5.74) is 7.51. The highest BCUT2D eigenvalue weighted by molar-refractivity contribution is 5.26. The van der Waals surface area contributed by atoms with Crippen molar-refractivity contribution < 1.29 is 4.42 Å². The first-order valence-corrected chi connectivity index (χ1v) is 6.48. The van der Waals surface area contributed by atoms with Crippen LogP contribution >= 0.6 is 0 Å². The molecule has 1 aliphatic heterocycles. The smallest absolute Gasteiger partial charge is 0.110 e. The quantitative estimate of drug-likeness (QED) is 0.783. The molecular formula is C13H21N3O. The molecule has 2 atom stereocenters. The number of nitrogens with zero attached hydrogens (tertiary/aromatic N) is 2. The molecule has 1 aromatic rings. The van der Waals surface area contributed by atoms with E-state index in [2.05, 4.69) is 22.9 Å². The molecule has 94 valence electrons. The molecule has 2 N–H and O–H groups in total. The van der Waals surface area contributed by atoms with Gasteiger partial charge in [0.25, 0.3) is 0 Å². The molecule has 0 bridgehead atoms. The zero-order valence-corrected chi connectivity index (χ0v) is 10.4. The number of furan rings is 1. The molecule has 3 rings (SSSR count). The second-order valence-electron chi connectivity index (χ2n) is 5.35. The highest BCUT2D eigenvalue weighted by Gasteiger charge is 2.32. The molecule has 1 aliphatic carbocycles. The molecule has 0 saturated carbocycles. The van der Waals surface area contributed by atoms with Gasteiger partial charge in [-0.15, -0.1) is 0 Å². The van der Waals surface area contributed by atoms with Crippen LogP contribution in [0.3, 0.4) is 0 Å². The van der Waals surface area contributed by atoms with Crippen molar-refractivity contribution in [3.8, 4) is 0 Å². The largest absolute Gasteiger partial charge is 0.469 e. The lowest BCUT2D eigenvalue weighted by molar-refractivity contribution is 0.0973. The number of hydrogen-bond acceptors (Lipinski definition) is 4. The van der Waals surface area contributed by atoms with Crippen molar-refractivity contribution in [1.29, 1.82) is 0 Å². The summed E-state index contributed by atoms with van der Waals surface area (Å²) < 4.78 is 5.55. The molecule has 2 aliphatic rings. The van der Waals surface area contributed by atoms with Crippen LogP contribution in [0.5, 0.6) is 0 Å². The van der Waals surface area contributed by atoms with Gasteiger partial charge in [0.2, 0.25) is 0 Å². The highest BCUT2D eigenvalue weighted by atomic mass is 16.3. The van der Waals surface area contributed by atoms with Gasteiger partial charge in [-0.2, -0.15) is 0 Å². The first-order chi connectivity index (χ1) is 8.24. The third-order valence-electron chi connectivity index (χ3n) is 4.09. The molecule has 4 nitrogen and oxygen atoms in total. The van der Waals surface area contributed by atoms with E-state index in [0.717, 1.165) is 44.8 Å². The Morgan fingerprint density at radius 2 is 2.06 bits per heavy atom. The normalized spacial score (nSPS) is 31.4. The van der Waals surface area contributed by atoms with Crippen molar-refractivity contribution in [2.75, 3.05) is 33.2 Å². The van der Waals surface area contributed by atoms with Gasteiger partial charge in [0.05, 0.1) is 6.26 Å². The fraction of sp³-hybridized carbons (Fsp3) is 0.692. The zero-order valence-electron chi connectivity index (χ0n) is 10.4. The van der Waals surface area contributed by atoms with Crippen molar-refractivity contribution in [1.82, 2.24) is 9.80 Å². The summed E-state index contributed by atoms with van der Waals surface area (Å²) in [4.78, 5) is 4.95. The molecule has 2 unspecified atom stereocenters. The lowest BCUT2D eigenvalue weighted by Gasteiger charge is -2.40. The maximum atomic E-state index is 6.14. The SMILES string of the molecule is CN1CCN(C2CC(N)Cc3occc32)CC1. The van der Waals surface area contributed by atoms with E-state index in [4.69, 9.17) is 10.2 Å². The van der Waals surface area contributed by atoms with Gasteiger partial charge in [0.1, 0.15) is 5.76 Å². The Balaban J connectivity index is 1.79. The van der Waals surface area contributed by atoms with Gasteiger partial charge in [-0.25, -0.2) is 0 Å². The van der Waals surface area contributed by atoms with Crippen LogP contribution in [0.1, 0.15) is 23.8 Å². The van der Waals surface area contributed by atoms with Crippen LogP contribution in [0.25, 0.3) is 0 Å². The Morgan fingerprint density at radius 1 is 1.29 bits per heavy atom. The predicted molar refractivity (Wildman–Crippen MR) is 66.8 cm³/mol. The lowest BCUT2D eigenvalue weighted by Crippen LogP contribution is -2.48. The van der Waals surface area contributed by atoms with Crippen LogP contribution in [0, 0.1) is 0 Å². The molecular weight excluding hydrogens is 214 g/mol. The van der Waals surface area contributed by atoms with Gasteiger partial charge in [-0.3, -0.25) is 4.90 Å². The van der Waals surface area contributed by atoms with Gasteiger partial charge in [0, 0.05) is 50.2 Å². The molecule has 1 saturated heterocycles. The maximum Gasteiger partial charge on any atom is 0.110 e. The van der Waals surface area contributed by atoms with E-state index in [-0.39, 0.29) is 6.04 Å². The van der Waals surface area contributed by atoms with E-state index < -0.39 is 0 Å². The van der Waals surface area contributed by atoms with Gasteiger partial charge >= 0.3 is 0 Å². The van der Waals surface area contributed by atoms with Crippen molar-refractivity contribution in [2.45, 2.75) is 24.9 Å². The molecule has 1 aromatic heterocycles. The summed E-state index contributed by atoms with van der Waals surface area (Å²) >= 11 is 0. The summed E-state index contributed by atoms with van der Waals surface area (Å²) in [5, 5.41) is 0. The molecule has 2 heterocycles. The van der Waals surface area contributed by atoms with E-state index in [9.17, 15) is 0 Å². The molecule has 17 heavy (non-hydrogen) atoms. The Labute approximate surface area is 102 Å². The van der Waals surface area contributed by atoms with E-state index in [0.29, 0.717) is 6.04 Å². The Kier molecular flexibility index (Phi) is 2.94. The monoisotopic (exact) mass is 235 g/mol. The maximum absolute atomic E-state index is 6.14. The first kappa shape index (κ1) is 11.3. The third-order valence-corrected chi connectivity index (χ3v) is 4.09. The Hall–Kier alpha value is -0.840. The fourth-order valence-corrected chi connectivity index (χ4v) is 3.03. The highest BCUT2D eigenvalue weighted by Crippen LogP contribution is 2.34. The van der Waals surface area contributed by atoms with E-state index in [1.165, 1.54) is 5.56 Å². The van der Waals surface area contributed by atoms with E-state index in [1.807, 2.05) is 6.26 Å². The van der Waals surface area contributed by atoms with Gasteiger partial charge in [-0.05, 0) is 19.5 Å². The number of piperazine rings is 1. The van der Waals surface area contributed by atoms with Crippen LogP contribution in [-0.2, 0) is 6.42 Å². The summed E-state index contributed by atoms with van der Waals surface area (Å²) in [6.45, 7) is 4.58. The van der Waals surface area contributed by atoms with Crippen LogP contribution in [0.4, 0.5) is 0 Å². The summed E-state index contributed by atoms with van der Waals surface area (Å²) in [5.74, 6) is 1.10. The van der Waals surface area contributed by atoms with Crippen molar-refractivity contribution in [3.63, 3.8) is 0 Å². The number of likely N-dealkylation sites (N-methyl/N-ethyl adjacent to an activating group) is 1. The molecule has 0 aromatic carbocycles. The van der Waals surface area contributed by atoms with Crippen molar-refractivity contribution in [2.24, 2.45) is 5.73 Å². The summed E-state index contributed by atoms with van der Waals surface area (Å²) in [6.07, 6.45) is 3.77. The van der Waals surface area contributed by atoms with Crippen LogP contribution in [0.2, 0.25) is 0 Å². The zero-order chi connectivity index (χ0) is 11.8. The molecule has 0 spiro atoms. The second kappa shape index (κ2) is 4.44.